The summed E-state index contributed by atoms with van der Waals surface area (Å²) < 4.78 is 12.6. The summed E-state index contributed by atoms with van der Waals surface area (Å²) in [6, 6.07) is 7.08. The van der Waals surface area contributed by atoms with Crippen LogP contribution in [-0.2, 0) is 0 Å². The summed E-state index contributed by atoms with van der Waals surface area (Å²) in [4.78, 5) is 4.01. The highest BCUT2D eigenvalue weighted by Crippen LogP contribution is 2.38. The summed E-state index contributed by atoms with van der Waals surface area (Å²) in [5, 5.41) is 0. The number of anilines is 1. The van der Waals surface area contributed by atoms with Gasteiger partial charge in [0.2, 0.25) is 0 Å². The van der Waals surface area contributed by atoms with Crippen LogP contribution in [0.5, 0.6) is 17.2 Å². The minimum Gasteiger partial charge on any atom is -0.496 e. The molecule has 0 saturated carbocycles. The SMILES string of the molecule is COc1cc(Br)c(Oc2ccnc(NN)c2)cc1Br. The van der Waals surface area contributed by atoms with Crippen LogP contribution in [0.25, 0.3) is 0 Å². The zero-order valence-electron chi connectivity index (χ0n) is 9.98. The number of halogens is 2. The van der Waals surface area contributed by atoms with Gasteiger partial charge in [-0.1, -0.05) is 0 Å². The van der Waals surface area contributed by atoms with Crippen molar-refractivity contribution in [3.05, 3.63) is 39.4 Å². The van der Waals surface area contributed by atoms with Crippen molar-refractivity contribution in [1.29, 1.82) is 0 Å². The largest absolute Gasteiger partial charge is 0.496 e. The molecule has 0 spiro atoms. The molecule has 0 bridgehead atoms. The minimum absolute atomic E-state index is 0.529. The normalized spacial score (nSPS) is 10.1. The van der Waals surface area contributed by atoms with Crippen molar-refractivity contribution < 1.29 is 9.47 Å². The van der Waals surface area contributed by atoms with E-state index in [1.165, 1.54) is 0 Å². The van der Waals surface area contributed by atoms with Gasteiger partial charge in [-0.05, 0) is 50.1 Å². The molecule has 0 aliphatic carbocycles. The molecule has 2 aromatic rings. The molecule has 0 aliphatic rings. The van der Waals surface area contributed by atoms with E-state index in [0.29, 0.717) is 17.3 Å². The van der Waals surface area contributed by atoms with Crippen LogP contribution in [0.3, 0.4) is 0 Å². The second kappa shape index (κ2) is 6.23. The van der Waals surface area contributed by atoms with Gasteiger partial charge in [0.05, 0.1) is 16.1 Å². The number of hydrogen-bond acceptors (Lipinski definition) is 5. The third kappa shape index (κ3) is 3.37. The Kier molecular flexibility index (Phi) is 4.62. The lowest BCUT2D eigenvalue weighted by Crippen LogP contribution is -2.08. The van der Waals surface area contributed by atoms with E-state index in [9.17, 15) is 0 Å². The molecule has 0 aliphatic heterocycles. The number of nitrogens with one attached hydrogen (secondary N) is 1. The molecular weight excluding hydrogens is 378 g/mol. The average Bonchev–Trinajstić information content (AvgIpc) is 2.42. The van der Waals surface area contributed by atoms with Crippen LogP contribution >= 0.6 is 31.9 Å². The van der Waals surface area contributed by atoms with E-state index in [1.54, 1.807) is 25.4 Å². The number of pyridine rings is 1. The summed E-state index contributed by atoms with van der Waals surface area (Å²) in [6.07, 6.45) is 1.61. The predicted octanol–water partition coefficient (Wildman–Crippen LogP) is 3.69. The number of hydrogen-bond donors (Lipinski definition) is 2. The van der Waals surface area contributed by atoms with Crippen LogP contribution < -0.4 is 20.7 Å². The Morgan fingerprint density at radius 2 is 1.84 bits per heavy atom. The third-order valence-corrected chi connectivity index (χ3v) is 3.55. The average molecular weight is 389 g/mol. The summed E-state index contributed by atoms with van der Waals surface area (Å²) >= 11 is 6.85. The highest BCUT2D eigenvalue weighted by atomic mass is 79.9. The number of aromatic nitrogens is 1. The lowest BCUT2D eigenvalue weighted by molar-refractivity contribution is 0.409. The number of methoxy groups -OCH3 is 1. The molecule has 19 heavy (non-hydrogen) atoms. The number of ether oxygens (including phenoxy) is 2. The Morgan fingerprint density at radius 3 is 2.53 bits per heavy atom. The molecule has 0 radical (unpaired) electrons. The summed E-state index contributed by atoms with van der Waals surface area (Å²) in [5.74, 6) is 7.83. The Balaban J connectivity index is 2.30. The van der Waals surface area contributed by atoms with Crippen molar-refractivity contribution in [2.75, 3.05) is 12.5 Å². The maximum Gasteiger partial charge on any atom is 0.143 e. The molecular formula is C12H11Br2N3O2. The van der Waals surface area contributed by atoms with Gasteiger partial charge in [-0.3, -0.25) is 0 Å². The van der Waals surface area contributed by atoms with Gasteiger partial charge in [-0.2, -0.15) is 0 Å². The molecule has 1 heterocycles. The first-order valence-corrected chi connectivity index (χ1v) is 6.86. The Morgan fingerprint density at radius 1 is 1.16 bits per heavy atom. The van der Waals surface area contributed by atoms with E-state index in [2.05, 4.69) is 42.3 Å². The molecule has 3 N–H and O–H groups in total. The highest BCUT2D eigenvalue weighted by molar-refractivity contribution is 9.11. The second-order valence-electron chi connectivity index (χ2n) is 3.54. The number of nitrogens with two attached hydrogens (primary N) is 1. The Bertz CT molecular complexity index is 593. The molecule has 1 aromatic heterocycles. The van der Waals surface area contributed by atoms with Gasteiger partial charge in [0.1, 0.15) is 23.1 Å². The maximum atomic E-state index is 5.76. The van der Waals surface area contributed by atoms with E-state index < -0.39 is 0 Å². The summed E-state index contributed by atoms with van der Waals surface area (Å²) in [7, 11) is 1.61. The van der Waals surface area contributed by atoms with Crippen LogP contribution in [0, 0.1) is 0 Å². The van der Waals surface area contributed by atoms with Crippen LogP contribution in [0.15, 0.2) is 39.4 Å². The number of hydrazine groups is 1. The van der Waals surface area contributed by atoms with Gasteiger partial charge in [0, 0.05) is 12.3 Å². The molecule has 0 fully saturated rings. The van der Waals surface area contributed by atoms with Crippen molar-refractivity contribution in [2.45, 2.75) is 0 Å². The topological polar surface area (TPSA) is 69.4 Å². The van der Waals surface area contributed by atoms with Crippen LogP contribution in [0.1, 0.15) is 0 Å². The molecule has 2 rings (SSSR count). The molecule has 0 saturated heterocycles. The number of benzene rings is 1. The van der Waals surface area contributed by atoms with Gasteiger partial charge >= 0.3 is 0 Å². The van der Waals surface area contributed by atoms with Gasteiger partial charge in [0.15, 0.2) is 0 Å². The summed E-state index contributed by atoms with van der Waals surface area (Å²) in [6.45, 7) is 0. The molecule has 0 atom stereocenters. The van der Waals surface area contributed by atoms with Crippen LogP contribution in [-0.4, -0.2) is 12.1 Å². The van der Waals surface area contributed by atoms with Gasteiger partial charge in [0.25, 0.3) is 0 Å². The maximum absolute atomic E-state index is 5.76. The Labute approximate surface area is 127 Å². The third-order valence-electron chi connectivity index (χ3n) is 2.31. The van der Waals surface area contributed by atoms with E-state index >= 15 is 0 Å². The number of rotatable bonds is 4. The second-order valence-corrected chi connectivity index (χ2v) is 5.25. The first-order chi connectivity index (χ1) is 9.13. The highest BCUT2D eigenvalue weighted by Gasteiger charge is 2.09. The van der Waals surface area contributed by atoms with Gasteiger partial charge in [-0.15, -0.1) is 0 Å². The predicted molar refractivity (Wildman–Crippen MR) is 80.5 cm³/mol. The van der Waals surface area contributed by atoms with Gasteiger partial charge in [-0.25, -0.2) is 10.8 Å². The molecule has 0 unspecified atom stereocenters. The van der Waals surface area contributed by atoms with Crippen LogP contribution in [0.4, 0.5) is 5.82 Å². The fraction of sp³-hybridized carbons (Fsp3) is 0.0833. The van der Waals surface area contributed by atoms with Crippen molar-refractivity contribution in [3.8, 4) is 17.2 Å². The zero-order valence-corrected chi connectivity index (χ0v) is 13.2. The lowest BCUT2D eigenvalue weighted by Gasteiger charge is -2.11. The monoisotopic (exact) mass is 387 g/mol. The number of nitrogens with zero attached hydrogens (tertiary/aromatic N) is 1. The van der Waals surface area contributed by atoms with Crippen molar-refractivity contribution in [2.24, 2.45) is 5.84 Å². The van der Waals surface area contributed by atoms with E-state index in [1.807, 2.05) is 12.1 Å². The fourth-order valence-corrected chi connectivity index (χ4v) is 2.31. The molecule has 7 heteroatoms. The zero-order chi connectivity index (χ0) is 13.8. The first kappa shape index (κ1) is 14.1. The molecule has 100 valence electrons. The van der Waals surface area contributed by atoms with Crippen molar-refractivity contribution >= 4 is 37.7 Å². The summed E-state index contributed by atoms with van der Waals surface area (Å²) in [5.41, 5.74) is 2.47. The fourth-order valence-electron chi connectivity index (χ4n) is 1.43. The minimum atomic E-state index is 0.529. The van der Waals surface area contributed by atoms with Crippen molar-refractivity contribution in [1.82, 2.24) is 4.98 Å². The number of nitrogen functional groups attached to an aromatic ring is 1. The first-order valence-electron chi connectivity index (χ1n) is 5.27. The smallest absolute Gasteiger partial charge is 0.143 e. The van der Waals surface area contributed by atoms with E-state index in [0.717, 1.165) is 14.7 Å². The van der Waals surface area contributed by atoms with E-state index in [-0.39, 0.29) is 0 Å². The molecule has 1 aromatic carbocycles. The Hall–Kier alpha value is -1.31. The molecule has 5 nitrogen and oxygen atoms in total. The lowest BCUT2D eigenvalue weighted by atomic mass is 10.3. The van der Waals surface area contributed by atoms with Crippen molar-refractivity contribution in [3.63, 3.8) is 0 Å². The molecule has 0 amide bonds. The van der Waals surface area contributed by atoms with E-state index in [4.69, 9.17) is 15.3 Å². The van der Waals surface area contributed by atoms with Crippen LogP contribution in [0.2, 0.25) is 0 Å². The van der Waals surface area contributed by atoms with Gasteiger partial charge < -0.3 is 14.9 Å². The standard InChI is InChI=1S/C12H11Br2N3O2/c1-18-10-5-9(14)11(6-8(10)13)19-7-2-3-16-12(4-7)17-15/h2-6H,15H2,1H3,(H,16,17). The quantitative estimate of drug-likeness (QED) is 0.617.